The van der Waals surface area contributed by atoms with E-state index < -0.39 is 24.9 Å². The van der Waals surface area contributed by atoms with Gasteiger partial charge in [0.25, 0.3) is 5.92 Å². The molecule has 1 aromatic rings. The molecule has 2 N–H and O–H groups in total. The molecule has 2 saturated heterocycles. The third kappa shape index (κ3) is 7.18. The normalized spacial score (nSPS) is 22.6. The first-order valence-electron chi connectivity index (χ1n) is 9.10. The fraction of sp³-hybridized carbons (Fsp3) is 0.632. The van der Waals surface area contributed by atoms with Crippen molar-refractivity contribution in [3.63, 3.8) is 0 Å². The lowest BCUT2D eigenvalue weighted by molar-refractivity contribution is -0.123. The minimum Gasteiger partial charge on any atom is -0.351 e. The van der Waals surface area contributed by atoms with E-state index in [-0.39, 0.29) is 30.7 Å². The van der Waals surface area contributed by atoms with E-state index >= 15 is 0 Å². The van der Waals surface area contributed by atoms with Crippen molar-refractivity contribution < 1.29 is 13.6 Å². The molecule has 0 spiro atoms. The number of benzene rings is 1. The fourth-order valence-corrected chi connectivity index (χ4v) is 3.53. The highest BCUT2D eigenvalue weighted by Crippen LogP contribution is 2.25. The summed E-state index contributed by atoms with van der Waals surface area (Å²) >= 11 is 0. The van der Waals surface area contributed by atoms with Crippen LogP contribution in [0.25, 0.3) is 0 Å². The molecule has 0 bridgehead atoms. The van der Waals surface area contributed by atoms with Crippen LogP contribution in [0, 0.1) is 5.92 Å². The summed E-state index contributed by atoms with van der Waals surface area (Å²) in [5, 5.41) is 5.35. The maximum atomic E-state index is 13.2. The van der Waals surface area contributed by atoms with Gasteiger partial charge in [-0.1, -0.05) is 31.2 Å². The van der Waals surface area contributed by atoms with Crippen LogP contribution in [0.4, 0.5) is 8.78 Å². The van der Waals surface area contributed by atoms with Crippen LogP contribution in [-0.4, -0.2) is 42.4 Å². The van der Waals surface area contributed by atoms with Crippen LogP contribution >= 0.6 is 24.8 Å². The minimum absolute atomic E-state index is 0. The molecule has 2 fully saturated rings. The van der Waals surface area contributed by atoms with Crippen LogP contribution in [0.3, 0.4) is 0 Å². The van der Waals surface area contributed by atoms with Crippen LogP contribution in [-0.2, 0) is 17.9 Å². The molecule has 0 aliphatic carbocycles. The lowest BCUT2D eigenvalue weighted by atomic mass is 9.98. The Balaban J connectivity index is 0.00000182. The molecule has 27 heavy (non-hydrogen) atoms. The van der Waals surface area contributed by atoms with Crippen molar-refractivity contribution in [1.29, 1.82) is 0 Å². The van der Waals surface area contributed by atoms with E-state index in [9.17, 15) is 13.6 Å². The van der Waals surface area contributed by atoms with Gasteiger partial charge in [0, 0.05) is 19.5 Å². The maximum absolute atomic E-state index is 13.2. The molecule has 2 heterocycles. The van der Waals surface area contributed by atoms with Gasteiger partial charge in [-0.2, -0.15) is 0 Å². The number of hydrogen-bond acceptors (Lipinski definition) is 3. The Hall–Kier alpha value is -0.950. The number of alkyl halides is 2. The van der Waals surface area contributed by atoms with Crippen LogP contribution in [0.1, 0.15) is 37.3 Å². The van der Waals surface area contributed by atoms with Crippen LogP contribution in [0.15, 0.2) is 24.3 Å². The van der Waals surface area contributed by atoms with Gasteiger partial charge in [-0.25, -0.2) is 8.78 Å². The van der Waals surface area contributed by atoms with Crippen molar-refractivity contribution in [2.24, 2.45) is 5.92 Å². The van der Waals surface area contributed by atoms with Gasteiger partial charge in [-0.3, -0.25) is 15.0 Å². The Morgan fingerprint density at radius 1 is 1.26 bits per heavy atom. The second-order valence-electron chi connectivity index (χ2n) is 7.49. The van der Waals surface area contributed by atoms with E-state index in [0.29, 0.717) is 6.54 Å². The quantitative estimate of drug-likeness (QED) is 0.762. The van der Waals surface area contributed by atoms with E-state index in [4.69, 9.17) is 0 Å². The SMILES string of the molecule is CC1CCN(Cc2cccc(CNC(=O)C3CC(F)(F)CN3)c2)CC1.Cl.Cl. The Morgan fingerprint density at radius 2 is 1.93 bits per heavy atom. The number of nitrogens with one attached hydrogen (secondary N) is 2. The van der Waals surface area contributed by atoms with Crippen molar-refractivity contribution in [3.8, 4) is 0 Å². The van der Waals surface area contributed by atoms with Crippen molar-refractivity contribution in [2.75, 3.05) is 19.6 Å². The van der Waals surface area contributed by atoms with Gasteiger partial charge in [-0.05, 0) is 43.0 Å². The Bertz CT molecular complexity index is 610. The molecule has 1 unspecified atom stereocenters. The average Bonchev–Trinajstić information content (AvgIpc) is 2.95. The van der Waals surface area contributed by atoms with Crippen molar-refractivity contribution >= 4 is 30.7 Å². The number of rotatable bonds is 5. The van der Waals surface area contributed by atoms with Crippen LogP contribution in [0.5, 0.6) is 0 Å². The predicted molar refractivity (Wildman–Crippen MR) is 108 cm³/mol. The van der Waals surface area contributed by atoms with Crippen molar-refractivity contribution in [3.05, 3.63) is 35.4 Å². The smallest absolute Gasteiger partial charge is 0.262 e. The average molecular weight is 424 g/mol. The monoisotopic (exact) mass is 423 g/mol. The summed E-state index contributed by atoms with van der Waals surface area (Å²) in [5.74, 6) is -2.32. The van der Waals surface area contributed by atoms with E-state index in [1.807, 2.05) is 12.1 Å². The summed E-state index contributed by atoms with van der Waals surface area (Å²) < 4.78 is 26.3. The molecular formula is C19H29Cl2F2N3O. The molecule has 3 rings (SSSR count). The third-order valence-corrected chi connectivity index (χ3v) is 5.17. The molecular weight excluding hydrogens is 395 g/mol. The number of carbonyl (C=O) groups excluding carboxylic acids is 1. The summed E-state index contributed by atoms with van der Waals surface area (Å²) in [5.41, 5.74) is 2.23. The van der Waals surface area contributed by atoms with E-state index in [0.717, 1.165) is 31.1 Å². The number of likely N-dealkylation sites (tertiary alicyclic amines) is 1. The molecule has 8 heteroatoms. The largest absolute Gasteiger partial charge is 0.351 e. The van der Waals surface area contributed by atoms with E-state index in [1.165, 1.54) is 18.4 Å². The number of halogens is 4. The first kappa shape index (κ1) is 24.1. The highest BCUT2D eigenvalue weighted by Gasteiger charge is 2.42. The number of nitrogens with zero attached hydrogens (tertiary/aromatic N) is 1. The predicted octanol–water partition coefficient (Wildman–Crippen LogP) is 3.38. The Kier molecular flexibility index (Phi) is 9.42. The number of hydrogen-bond donors (Lipinski definition) is 2. The summed E-state index contributed by atoms with van der Waals surface area (Å²) in [6.07, 6.45) is 2.07. The molecule has 4 nitrogen and oxygen atoms in total. The van der Waals surface area contributed by atoms with Gasteiger partial charge in [0.05, 0.1) is 12.6 Å². The first-order valence-corrected chi connectivity index (χ1v) is 9.10. The zero-order valence-corrected chi connectivity index (χ0v) is 17.2. The topological polar surface area (TPSA) is 44.4 Å². The van der Waals surface area contributed by atoms with Crippen molar-refractivity contribution in [2.45, 2.75) is 51.2 Å². The second-order valence-corrected chi connectivity index (χ2v) is 7.49. The van der Waals surface area contributed by atoms with Gasteiger partial charge in [0.1, 0.15) is 0 Å². The standard InChI is InChI=1S/C19H27F2N3O.2ClH/c1-14-5-7-24(8-6-14)12-16-4-2-3-15(9-16)11-22-18(25)17-10-19(20,21)13-23-17;;/h2-4,9,14,17,23H,5-8,10-13H2,1H3,(H,22,25);2*1H. The molecule has 1 amide bonds. The molecule has 1 atom stereocenters. The molecule has 154 valence electrons. The molecule has 0 radical (unpaired) electrons. The lowest BCUT2D eigenvalue weighted by Gasteiger charge is -2.30. The molecule has 2 aliphatic heterocycles. The maximum Gasteiger partial charge on any atom is 0.262 e. The molecule has 2 aliphatic rings. The zero-order valence-electron chi connectivity index (χ0n) is 15.5. The Labute approximate surface area is 172 Å². The fourth-order valence-electron chi connectivity index (χ4n) is 3.53. The molecule has 0 saturated carbocycles. The second kappa shape index (κ2) is 10.6. The van der Waals surface area contributed by atoms with Gasteiger partial charge >= 0.3 is 0 Å². The summed E-state index contributed by atoms with van der Waals surface area (Å²) in [4.78, 5) is 14.5. The lowest BCUT2D eigenvalue weighted by Crippen LogP contribution is -2.40. The van der Waals surface area contributed by atoms with E-state index in [2.05, 4.69) is 34.6 Å². The number of amides is 1. The molecule has 0 aromatic heterocycles. The molecule has 1 aromatic carbocycles. The number of carbonyl (C=O) groups is 1. The van der Waals surface area contributed by atoms with Crippen LogP contribution in [0.2, 0.25) is 0 Å². The zero-order chi connectivity index (χ0) is 17.9. The highest BCUT2D eigenvalue weighted by atomic mass is 35.5. The highest BCUT2D eigenvalue weighted by molar-refractivity contribution is 5.85. The minimum atomic E-state index is -2.78. The van der Waals surface area contributed by atoms with Crippen molar-refractivity contribution in [1.82, 2.24) is 15.5 Å². The van der Waals surface area contributed by atoms with Gasteiger partial charge in [-0.15, -0.1) is 24.8 Å². The summed E-state index contributed by atoms with van der Waals surface area (Å²) in [7, 11) is 0. The summed E-state index contributed by atoms with van der Waals surface area (Å²) in [6, 6.07) is 7.34. The Morgan fingerprint density at radius 3 is 2.56 bits per heavy atom. The van der Waals surface area contributed by atoms with E-state index in [1.54, 1.807) is 0 Å². The number of piperidine rings is 1. The van der Waals surface area contributed by atoms with Crippen LogP contribution < -0.4 is 10.6 Å². The van der Waals surface area contributed by atoms with Gasteiger partial charge in [0.2, 0.25) is 5.91 Å². The van der Waals surface area contributed by atoms with Gasteiger partial charge < -0.3 is 5.32 Å². The summed E-state index contributed by atoms with van der Waals surface area (Å²) in [6.45, 7) is 5.43. The van der Waals surface area contributed by atoms with Gasteiger partial charge in [0.15, 0.2) is 0 Å². The third-order valence-electron chi connectivity index (χ3n) is 5.17. The first-order chi connectivity index (χ1) is 11.9.